The predicted molar refractivity (Wildman–Crippen MR) is 104 cm³/mol. The summed E-state index contributed by atoms with van der Waals surface area (Å²) in [5.41, 5.74) is 0.669. The zero-order valence-electron chi connectivity index (χ0n) is 15.7. The highest BCUT2D eigenvalue weighted by atomic mass is 19.4. The summed E-state index contributed by atoms with van der Waals surface area (Å²) in [5, 5.41) is 11.9. The zero-order valence-corrected chi connectivity index (χ0v) is 15.7. The first kappa shape index (κ1) is 21.0. The summed E-state index contributed by atoms with van der Waals surface area (Å²) in [6.07, 6.45) is -3.68. The van der Waals surface area contributed by atoms with E-state index in [0.717, 1.165) is 0 Å². The standard InChI is InChI=1S/C21H17F3N2O4/c1-2-29-17-14(13-7-4-3-5-8-13)10-11-16(18(17)30-21(22,23)24)26-19-15(20(27)28)9-6-12-25-19/h3-12H,2H2,1H3,(H,25,26)(H,27,28). The van der Waals surface area contributed by atoms with Gasteiger partial charge in [-0.25, -0.2) is 9.78 Å². The summed E-state index contributed by atoms with van der Waals surface area (Å²) < 4.78 is 49.4. The molecular formula is C21H17F3N2O4. The molecule has 0 bridgehead atoms. The molecule has 0 aliphatic carbocycles. The van der Waals surface area contributed by atoms with E-state index in [0.29, 0.717) is 11.1 Å². The molecule has 0 fully saturated rings. The number of benzene rings is 2. The second kappa shape index (κ2) is 8.73. The number of aromatic carboxylic acids is 1. The highest BCUT2D eigenvalue weighted by Gasteiger charge is 2.35. The second-order valence-electron chi connectivity index (χ2n) is 6.00. The first-order valence-electron chi connectivity index (χ1n) is 8.86. The van der Waals surface area contributed by atoms with Crippen LogP contribution in [0.3, 0.4) is 0 Å². The molecule has 0 atom stereocenters. The van der Waals surface area contributed by atoms with Gasteiger partial charge in [0.05, 0.1) is 12.3 Å². The number of rotatable bonds is 7. The van der Waals surface area contributed by atoms with E-state index in [1.165, 1.54) is 24.4 Å². The minimum Gasteiger partial charge on any atom is -0.489 e. The van der Waals surface area contributed by atoms with Gasteiger partial charge in [-0.15, -0.1) is 13.2 Å². The number of alkyl halides is 3. The van der Waals surface area contributed by atoms with E-state index in [1.807, 2.05) is 0 Å². The summed E-state index contributed by atoms with van der Waals surface area (Å²) in [5.74, 6) is -2.16. The van der Waals surface area contributed by atoms with Crippen molar-refractivity contribution >= 4 is 17.5 Å². The normalized spacial score (nSPS) is 11.1. The molecule has 0 radical (unpaired) electrons. The van der Waals surface area contributed by atoms with Crippen LogP contribution in [0.15, 0.2) is 60.8 Å². The van der Waals surface area contributed by atoms with Crippen LogP contribution in [0.5, 0.6) is 11.5 Å². The van der Waals surface area contributed by atoms with E-state index in [9.17, 15) is 23.1 Å². The van der Waals surface area contributed by atoms with E-state index in [-0.39, 0.29) is 29.4 Å². The fourth-order valence-corrected chi connectivity index (χ4v) is 2.82. The van der Waals surface area contributed by atoms with Gasteiger partial charge < -0.3 is 19.9 Å². The largest absolute Gasteiger partial charge is 0.573 e. The number of halogens is 3. The first-order valence-corrected chi connectivity index (χ1v) is 8.86. The number of carboxylic acid groups (broad SMARTS) is 1. The molecule has 0 amide bonds. The van der Waals surface area contributed by atoms with Gasteiger partial charge in [0.15, 0.2) is 11.5 Å². The Hall–Kier alpha value is -3.75. The lowest BCUT2D eigenvalue weighted by Crippen LogP contribution is -2.19. The molecule has 3 aromatic rings. The molecule has 0 aliphatic rings. The highest BCUT2D eigenvalue weighted by molar-refractivity contribution is 5.94. The minimum atomic E-state index is -5.00. The van der Waals surface area contributed by atoms with Gasteiger partial charge in [-0.1, -0.05) is 30.3 Å². The summed E-state index contributed by atoms with van der Waals surface area (Å²) in [4.78, 5) is 15.3. The molecule has 0 saturated carbocycles. The van der Waals surface area contributed by atoms with E-state index in [2.05, 4.69) is 15.0 Å². The van der Waals surface area contributed by atoms with Crippen molar-refractivity contribution in [3.8, 4) is 22.6 Å². The highest BCUT2D eigenvalue weighted by Crippen LogP contribution is 2.46. The third-order valence-electron chi connectivity index (χ3n) is 3.99. The third-order valence-corrected chi connectivity index (χ3v) is 3.99. The van der Waals surface area contributed by atoms with Gasteiger partial charge >= 0.3 is 12.3 Å². The molecule has 2 aromatic carbocycles. The number of nitrogens with one attached hydrogen (secondary N) is 1. The fourth-order valence-electron chi connectivity index (χ4n) is 2.82. The number of anilines is 2. The van der Waals surface area contributed by atoms with Gasteiger partial charge in [0.1, 0.15) is 11.4 Å². The van der Waals surface area contributed by atoms with E-state index < -0.39 is 18.1 Å². The van der Waals surface area contributed by atoms with Gasteiger partial charge in [0, 0.05) is 11.8 Å². The molecule has 9 heteroatoms. The number of hydrogen-bond acceptors (Lipinski definition) is 5. The Bertz CT molecular complexity index is 1040. The van der Waals surface area contributed by atoms with Crippen molar-refractivity contribution in [1.29, 1.82) is 0 Å². The molecule has 1 aromatic heterocycles. The van der Waals surface area contributed by atoms with Gasteiger partial charge in [-0.05, 0) is 36.8 Å². The first-order chi connectivity index (χ1) is 14.3. The van der Waals surface area contributed by atoms with E-state index in [1.54, 1.807) is 43.3 Å². The number of hydrogen-bond donors (Lipinski definition) is 2. The Labute approximate surface area is 169 Å². The van der Waals surface area contributed by atoms with Crippen LogP contribution in [0.1, 0.15) is 17.3 Å². The number of nitrogens with zero attached hydrogens (tertiary/aromatic N) is 1. The van der Waals surface area contributed by atoms with Crippen LogP contribution in [0.4, 0.5) is 24.7 Å². The van der Waals surface area contributed by atoms with Crippen LogP contribution in [0, 0.1) is 0 Å². The van der Waals surface area contributed by atoms with Crippen molar-refractivity contribution < 1.29 is 32.5 Å². The maximum atomic E-state index is 13.2. The van der Waals surface area contributed by atoms with Crippen molar-refractivity contribution in [1.82, 2.24) is 4.98 Å². The Morgan fingerprint density at radius 2 is 1.80 bits per heavy atom. The van der Waals surface area contributed by atoms with Crippen LogP contribution < -0.4 is 14.8 Å². The van der Waals surface area contributed by atoms with Crippen LogP contribution in [0.2, 0.25) is 0 Å². The van der Waals surface area contributed by atoms with Gasteiger partial charge in [-0.2, -0.15) is 0 Å². The minimum absolute atomic E-state index is 0.0848. The maximum Gasteiger partial charge on any atom is 0.573 e. The smallest absolute Gasteiger partial charge is 0.489 e. The van der Waals surface area contributed by atoms with Crippen LogP contribution >= 0.6 is 0 Å². The summed E-state index contributed by atoms with van der Waals surface area (Å²) in [7, 11) is 0. The average Bonchev–Trinajstić information content (AvgIpc) is 2.70. The van der Waals surface area contributed by atoms with Crippen molar-refractivity contribution in [2.75, 3.05) is 11.9 Å². The molecular weight excluding hydrogens is 401 g/mol. The zero-order chi connectivity index (χ0) is 21.7. The Balaban J connectivity index is 2.18. The summed E-state index contributed by atoms with van der Waals surface area (Å²) >= 11 is 0. The molecule has 156 valence electrons. The number of ether oxygens (including phenoxy) is 2. The van der Waals surface area contributed by atoms with E-state index in [4.69, 9.17) is 4.74 Å². The third kappa shape index (κ3) is 4.80. The molecule has 0 spiro atoms. The van der Waals surface area contributed by atoms with Crippen LogP contribution in [0.25, 0.3) is 11.1 Å². The molecule has 1 heterocycles. The quantitative estimate of drug-likeness (QED) is 0.528. The van der Waals surface area contributed by atoms with Crippen LogP contribution in [-0.4, -0.2) is 29.0 Å². The second-order valence-corrected chi connectivity index (χ2v) is 6.00. The molecule has 0 aliphatic heterocycles. The molecule has 30 heavy (non-hydrogen) atoms. The molecule has 3 rings (SSSR count). The van der Waals surface area contributed by atoms with Crippen molar-refractivity contribution in [3.05, 3.63) is 66.4 Å². The molecule has 2 N–H and O–H groups in total. The average molecular weight is 418 g/mol. The topological polar surface area (TPSA) is 80.7 Å². The Kier molecular flexibility index (Phi) is 6.10. The molecule has 0 unspecified atom stereocenters. The summed E-state index contributed by atoms with van der Waals surface area (Å²) in [6, 6.07) is 14.3. The van der Waals surface area contributed by atoms with Gasteiger partial charge in [0.2, 0.25) is 0 Å². The van der Waals surface area contributed by atoms with E-state index >= 15 is 0 Å². The number of carboxylic acids is 1. The van der Waals surface area contributed by atoms with Crippen molar-refractivity contribution in [2.24, 2.45) is 0 Å². The SMILES string of the molecule is CCOc1c(-c2ccccc2)ccc(Nc2ncccc2C(=O)O)c1OC(F)(F)F. The lowest BCUT2D eigenvalue weighted by Gasteiger charge is -2.21. The molecule has 0 saturated heterocycles. The summed E-state index contributed by atoms with van der Waals surface area (Å²) in [6.45, 7) is 1.72. The van der Waals surface area contributed by atoms with Crippen molar-refractivity contribution in [2.45, 2.75) is 13.3 Å². The lowest BCUT2D eigenvalue weighted by molar-refractivity contribution is -0.274. The monoisotopic (exact) mass is 418 g/mol. The lowest BCUT2D eigenvalue weighted by atomic mass is 10.0. The number of pyridine rings is 1. The van der Waals surface area contributed by atoms with Crippen molar-refractivity contribution in [3.63, 3.8) is 0 Å². The fraction of sp³-hybridized carbons (Fsp3) is 0.143. The van der Waals surface area contributed by atoms with Gasteiger partial charge in [0.25, 0.3) is 0 Å². The van der Waals surface area contributed by atoms with Gasteiger partial charge in [-0.3, -0.25) is 0 Å². The Morgan fingerprint density at radius 3 is 2.43 bits per heavy atom. The predicted octanol–water partition coefficient (Wildman–Crippen LogP) is 5.49. The Morgan fingerprint density at radius 1 is 1.07 bits per heavy atom. The number of aromatic nitrogens is 1. The number of carbonyl (C=O) groups is 1. The maximum absolute atomic E-state index is 13.2. The van der Waals surface area contributed by atoms with Crippen LogP contribution in [-0.2, 0) is 0 Å². The molecule has 6 nitrogen and oxygen atoms in total.